The van der Waals surface area contributed by atoms with Crippen molar-refractivity contribution in [2.24, 2.45) is 17.8 Å². The van der Waals surface area contributed by atoms with Gasteiger partial charge in [-0.1, -0.05) is 35.9 Å². The summed E-state index contributed by atoms with van der Waals surface area (Å²) in [5, 5.41) is 1.80. The van der Waals surface area contributed by atoms with E-state index in [-0.39, 0.29) is 23.6 Å². The summed E-state index contributed by atoms with van der Waals surface area (Å²) < 4.78 is 1.16. The van der Waals surface area contributed by atoms with E-state index in [0.717, 1.165) is 65.4 Å². The summed E-state index contributed by atoms with van der Waals surface area (Å²) >= 11 is 8.06. The summed E-state index contributed by atoms with van der Waals surface area (Å²) in [6, 6.07) is 16.1. The van der Waals surface area contributed by atoms with Crippen LogP contribution in [0.3, 0.4) is 0 Å². The van der Waals surface area contributed by atoms with E-state index >= 15 is 0 Å². The summed E-state index contributed by atoms with van der Waals surface area (Å²) in [7, 11) is 0. The van der Waals surface area contributed by atoms with Gasteiger partial charge in [0.05, 0.1) is 4.88 Å². The molecule has 0 aliphatic carbocycles. The van der Waals surface area contributed by atoms with Crippen molar-refractivity contribution in [3.63, 3.8) is 0 Å². The van der Waals surface area contributed by atoms with Crippen LogP contribution in [0.4, 0.5) is 5.69 Å². The van der Waals surface area contributed by atoms with Crippen LogP contribution in [0, 0.1) is 24.7 Å². The lowest BCUT2D eigenvalue weighted by atomic mass is 9.94. The summed E-state index contributed by atoms with van der Waals surface area (Å²) in [6.45, 7) is 10.0. The van der Waals surface area contributed by atoms with E-state index in [1.165, 1.54) is 0 Å². The summed E-state index contributed by atoms with van der Waals surface area (Å²) in [5.41, 5.74) is 1.84. The second kappa shape index (κ2) is 12.3. The molecule has 0 spiro atoms. The number of rotatable bonds is 7. The molecule has 3 aliphatic rings. The van der Waals surface area contributed by atoms with Crippen molar-refractivity contribution in [3.8, 4) is 0 Å². The van der Waals surface area contributed by atoms with Gasteiger partial charge in [0.25, 0.3) is 5.91 Å². The molecule has 3 saturated heterocycles. The molecule has 222 valence electrons. The molecule has 2 aromatic carbocycles. The number of hydrogen-bond acceptors (Lipinski definition) is 5. The molecule has 1 aromatic heterocycles. The van der Waals surface area contributed by atoms with Gasteiger partial charge in [0, 0.05) is 74.1 Å². The quantitative estimate of drug-likeness (QED) is 0.354. The fourth-order valence-electron chi connectivity index (χ4n) is 6.91. The van der Waals surface area contributed by atoms with E-state index in [2.05, 4.69) is 21.9 Å². The Kier molecular flexibility index (Phi) is 8.57. The summed E-state index contributed by atoms with van der Waals surface area (Å²) in [5.74, 6) is 1.29. The molecule has 3 aromatic rings. The first-order chi connectivity index (χ1) is 20.3. The Hall–Kier alpha value is -2.94. The largest absolute Gasteiger partial charge is 0.343 e. The van der Waals surface area contributed by atoms with E-state index in [1.807, 2.05) is 53.1 Å². The van der Waals surface area contributed by atoms with Crippen LogP contribution in [-0.4, -0.2) is 84.8 Å². The number of aryl methyl sites for hydroxylation is 1. The maximum atomic E-state index is 13.8. The SMILES string of the molecule is CC(=O)N1CCC(C(=O)N(CCCN2CC3CN(C(=O)c4cc5ccccc5s4)CC3C2)c2ccc(C)c(Cl)c2)CC1. The van der Waals surface area contributed by atoms with Gasteiger partial charge < -0.3 is 19.6 Å². The second-order valence-corrected chi connectivity index (χ2v) is 13.7. The van der Waals surface area contributed by atoms with Gasteiger partial charge in [-0.25, -0.2) is 0 Å². The smallest absolute Gasteiger partial charge is 0.263 e. The summed E-state index contributed by atoms with van der Waals surface area (Å²) in [4.78, 5) is 47.9. The topological polar surface area (TPSA) is 64.2 Å². The van der Waals surface area contributed by atoms with Gasteiger partial charge >= 0.3 is 0 Å². The Morgan fingerprint density at radius 3 is 2.33 bits per heavy atom. The molecule has 3 fully saturated rings. The van der Waals surface area contributed by atoms with E-state index in [9.17, 15) is 14.4 Å². The predicted molar refractivity (Wildman–Crippen MR) is 169 cm³/mol. The van der Waals surface area contributed by atoms with Crippen molar-refractivity contribution in [2.75, 3.05) is 57.3 Å². The van der Waals surface area contributed by atoms with Crippen LogP contribution in [0.1, 0.15) is 41.4 Å². The fraction of sp³-hybridized carbons (Fsp3) is 0.485. The highest BCUT2D eigenvalue weighted by Crippen LogP contribution is 2.34. The van der Waals surface area contributed by atoms with Gasteiger partial charge in [-0.05, 0) is 79.8 Å². The van der Waals surface area contributed by atoms with Crippen molar-refractivity contribution in [3.05, 3.63) is 64.0 Å². The van der Waals surface area contributed by atoms with Gasteiger partial charge in [-0.2, -0.15) is 0 Å². The molecule has 0 N–H and O–H groups in total. The molecule has 2 atom stereocenters. The van der Waals surface area contributed by atoms with Gasteiger partial charge in [-0.15, -0.1) is 11.3 Å². The number of likely N-dealkylation sites (tertiary alicyclic amines) is 3. The number of carbonyl (C=O) groups is 3. The van der Waals surface area contributed by atoms with Crippen LogP contribution in [0.2, 0.25) is 5.02 Å². The van der Waals surface area contributed by atoms with Gasteiger partial charge in [0.1, 0.15) is 0 Å². The highest BCUT2D eigenvalue weighted by molar-refractivity contribution is 7.20. The van der Waals surface area contributed by atoms with E-state index in [0.29, 0.717) is 49.3 Å². The lowest BCUT2D eigenvalue weighted by Gasteiger charge is -2.34. The number of fused-ring (bicyclic) bond motifs is 2. The number of piperidine rings is 1. The highest BCUT2D eigenvalue weighted by Gasteiger charge is 2.42. The normalized spacial score (nSPS) is 21.2. The molecule has 0 saturated carbocycles. The molecule has 2 unspecified atom stereocenters. The molecule has 0 radical (unpaired) electrons. The zero-order chi connectivity index (χ0) is 29.4. The minimum Gasteiger partial charge on any atom is -0.343 e. The third-order valence-corrected chi connectivity index (χ3v) is 10.9. The van der Waals surface area contributed by atoms with Crippen LogP contribution in [0.15, 0.2) is 48.5 Å². The van der Waals surface area contributed by atoms with E-state index < -0.39 is 0 Å². The molecular weight excluding hydrogens is 568 g/mol. The molecule has 7 nitrogen and oxygen atoms in total. The van der Waals surface area contributed by atoms with Crippen LogP contribution in [0.5, 0.6) is 0 Å². The zero-order valence-electron chi connectivity index (χ0n) is 24.4. The van der Waals surface area contributed by atoms with Crippen molar-refractivity contribution < 1.29 is 14.4 Å². The van der Waals surface area contributed by atoms with Crippen molar-refractivity contribution in [1.29, 1.82) is 0 Å². The monoisotopic (exact) mass is 606 g/mol. The van der Waals surface area contributed by atoms with Crippen LogP contribution >= 0.6 is 22.9 Å². The summed E-state index contributed by atoms with van der Waals surface area (Å²) in [6.07, 6.45) is 2.26. The van der Waals surface area contributed by atoms with Crippen molar-refractivity contribution >= 4 is 56.4 Å². The Balaban J connectivity index is 1.04. The number of thiophene rings is 1. The van der Waals surface area contributed by atoms with Crippen LogP contribution in [-0.2, 0) is 9.59 Å². The minimum absolute atomic E-state index is 0.0750. The molecule has 6 rings (SSSR count). The highest BCUT2D eigenvalue weighted by atomic mass is 35.5. The standard InChI is InChI=1S/C33H39ClN4O3S/c1-22-8-9-28(17-29(22)34)38(32(40)24-10-14-36(15-11-24)23(2)39)13-5-12-35-18-26-20-37(21-27(26)19-35)33(41)31-16-25-6-3-4-7-30(25)42-31/h3-4,6-9,16-17,24,26-27H,5,10-15,18-21H2,1-2H3. The number of benzene rings is 2. The van der Waals surface area contributed by atoms with Crippen molar-refractivity contribution in [1.82, 2.24) is 14.7 Å². The van der Waals surface area contributed by atoms with Gasteiger partial charge in [-0.3, -0.25) is 14.4 Å². The van der Waals surface area contributed by atoms with E-state index in [1.54, 1.807) is 18.3 Å². The molecule has 3 aliphatic heterocycles. The Morgan fingerprint density at radius 2 is 1.67 bits per heavy atom. The van der Waals surface area contributed by atoms with Crippen molar-refractivity contribution in [2.45, 2.75) is 33.1 Å². The van der Waals surface area contributed by atoms with Crippen LogP contribution in [0.25, 0.3) is 10.1 Å². The average Bonchev–Trinajstić information content (AvgIpc) is 3.70. The second-order valence-electron chi connectivity index (χ2n) is 12.2. The molecule has 0 bridgehead atoms. The van der Waals surface area contributed by atoms with Gasteiger partial charge in [0.2, 0.25) is 11.8 Å². The number of amides is 3. The number of nitrogens with zero attached hydrogens (tertiary/aromatic N) is 4. The van der Waals surface area contributed by atoms with Crippen LogP contribution < -0.4 is 4.90 Å². The Labute approximate surface area is 257 Å². The van der Waals surface area contributed by atoms with Gasteiger partial charge in [0.15, 0.2) is 0 Å². The van der Waals surface area contributed by atoms with E-state index in [4.69, 9.17) is 11.6 Å². The third-order valence-electron chi connectivity index (χ3n) is 9.36. The first-order valence-corrected chi connectivity index (χ1v) is 16.3. The molecule has 9 heteroatoms. The lowest BCUT2D eigenvalue weighted by molar-refractivity contribution is -0.133. The third kappa shape index (κ3) is 6.08. The number of carbonyl (C=O) groups excluding carboxylic acids is 3. The average molecular weight is 607 g/mol. The molecule has 42 heavy (non-hydrogen) atoms. The molecular formula is C33H39ClN4O3S. The predicted octanol–water partition coefficient (Wildman–Crippen LogP) is 5.55. The maximum Gasteiger partial charge on any atom is 0.263 e. The molecule has 4 heterocycles. The number of hydrogen-bond donors (Lipinski definition) is 0. The zero-order valence-corrected chi connectivity index (χ0v) is 26.0. The number of anilines is 1. The maximum absolute atomic E-state index is 13.8. The fourth-order valence-corrected chi connectivity index (χ4v) is 8.12. The number of halogens is 1. The lowest BCUT2D eigenvalue weighted by Crippen LogP contribution is -2.44. The first kappa shape index (κ1) is 29.1. The molecule has 3 amide bonds. The minimum atomic E-state index is -0.0868. The Bertz CT molecular complexity index is 1440. The first-order valence-electron chi connectivity index (χ1n) is 15.1. The Morgan fingerprint density at radius 1 is 0.952 bits per heavy atom.